The highest BCUT2D eigenvalue weighted by Gasteiger charge is 2.32. The van der Waals surface area contributed by atoms with Gasteiger partial charge in [0.1, 0.15) is 5.37 Å². The van der Waals surface area contributed by atoms with Crippen LogP contribution in [0.3, 0.4) is 0 Å². The van der Waals surface area contributed by atoms with E-state index in [0.717, 1.165) is 18.7 Å². The minimum absolute atomic E-state index is 0.183. The lowest BCUT2D eigenvalue weighted by atomic mass is 10.2. The first kappa shape index (κ1) is 12.7. The van der Waals surface area contributed by atoms with Gasteiger partial charge in [0, 0.05) is 24.9 Å². The number of hydrogen-bond donors (Lipinski definition) is 0. The van der Waals surface area contributed by atoms with Crippen molar-refractivity contribution in [3.63, 3.8) is 0 Å². The molecule has 0 spiro atoms. The maximum atomic E-state index is 12.0. The van der Waals surface area contributed by atoms with Crippen LogP contribution in [-0.2, 0) is 11.2 Å². The molecule has 0 aliphatic carbocycles. The van der Waals surface area contributed by atoms with Crippen LogP contribution in [0.1, 0.15) is 16.6 Å². The first-order valence-corrected chi connectivity index (χ1v) is 8.17. The second-order valence-corrected chi connectivity index (χ2v) is 6.23. The van der Waals surface area contributed by atoms with Gasteiger partial charge in [-0.3, -0.25) is 9.78 Å². The highest BCUT2D eigenvalue weighted by Crippen LogP contribution is 2.39. The number of carbonyl (C=O) groups is 1. The molecule has 2 aromatic rings. The molecule has 3 nitrogen and oxygen atoms in total. The van der Waals surface area contributed by atoms with Gasteiger partial charge in [0.2, 0.25) is 5.91 Å². The van der Waals surface area contributed by atoms with Crippen molar-refractivity contribution in [1.29, 1.82) is 0 Å². The van der Waals surface area contributed by atoms with Gasteiger partial charge in [-0.15, -0.1) is 11.8 Å². The average molecular weight is 290 g/mol. The summed E-state index contributed by atoms with van der Waals surface area (Å²) in [6, 6.07) is 8.01. The fraction of sp³-hybridized carbons (Fsp3) is 0.286. The number of thioether (sulfide) groups is 1. The fourth-order valence-electron chi connectivity index (χ4n) is 2.17. The van der Waals surface area contributed by atoms with E-state index in [4.69, 9.17) is 0 Å². The van der Waals surface area contributed by atoms with Gasteiger partial charge in [0.25, 0.3) is 0 Å². The van der Waals surface area contributed by atoms with Gasteiger partial charge in [-0.25, -0.2) is 0 Å². The molecule has 98 valence electrons. The Balaban J connectivity index is 1.69. The highest BCUT2D eigenvalue weighted by atomic mass is 32.2. The number of aromatic nitrogens is 1. The molecule has 2 aromatic heterocycles. The van der Waals surface area contributed by atoms with Crippen molar-refractivity contribution >= 4 is 29.0 Å². The Morgan fingerprint density at radius 2 is 2.32 bits per heavy atom. The molecule has 5 heteroatoms. The summed E-state index contributed by atoms with van der Waals surface area (Å²) in [6.07, 6.45) is 2.61. The zero-order chi connectivity index (χ0) is 13.1. The Bertz CT molecular complexity index is 542. The van der Waals surface area contributed by atoms with Crippen molar-refractivity contribution in [1.82, 2.24) is 9.88 Å². The fourth-order valence-corrected chi connectivity index (χ4v) is 4.14. The van der Waals surface area contributed by atoms with Crippen LogP contribution in [0.5, 0.6) is 0 Å². The van der Waals surface area contributed by atoms with E-state index < -0.39 is 0 Å². The van der Waals surface area contributed by atoms with Crippen LogP contribution >= 0.6 is 23.1 Å². The third-order valence-electron chi connectivity index (χ3n) is 3.13. The number of carbonyl (C=O) groups excluding carboxylic acids is 1. The summed E-state index contributed by atoms with van der Waals surface area (Å²) < 4.78 is 0. The SMILES string of the molecule is O=C1CSC(c2ccsc2)N1CCc1ccccn1. The molecular formula is C14H14N2OS2. The highest BCUT2D eigenvalue weighted by molar-refractivity contribution is 8.00. The summed E-state index contributed by atoms with van der Waals surface area (Å²) in [6.45, 7) is 0.739. The van der Waals surface area contributed by atoms with Gasteiger partial charge in [-0.2, -0.15) is 11.3 Å². The summed E-state index contributed by atoms with van der Waals surface area (Å²) in [4.78, 5) is 18.3. The molecular weight excluding hydrogens is 276 g/mol. The standard InChI is InChI=1S/C14H14N2OS2/c17-13-10-19-14(11-5-8-18-9-11)16(13)7-4-12-3-1-2-6-15-12/h1-3,5-6,8-9,14H,4,7,10H2. The van der Waals surface area contributed by atoms with Crippen LogP contribution in [-0.4, -0.2) is 28.1 Å². The summed E-state index contributed by atoms with van der Waals surface area (Å²) in [7, 11) is 0. The van der Waals surface area contributed by atoms with Gasteiger partial charge < -0.3 is 4.90 Å². The number of thiophene rings is 1. The van der Waals surface area contributed by atoms with E-state index in [0.29, 0.717) is 5.75 Å². The lowest BCUT2D eigenvalue weighted by Gasteiger charge is -2.23. The molecule has 3 heterocycles. The smallest absolute Gasteiger partial charge is 0.233 e. The summed E-state index contributed by atoms with van der Waals surface area (Å²) >= 11 is 3.39. The van der Waals surface area contributed by atoms with Crippen LogP contribution in [0.25, 0.3) is 0 Å². The third-order valence-corrected chi connectivity index (χ3v) is 5.09. The Kier molecular flexibility index (Phi) is 3.84. The molecule has 1 unspecified atom stereocenters. The molecule has 0 aromatic carbocycles. The van der Waals surface area contributed by atoms with E-state index in [9.17, 15) is 4.79 Å². The second kappa shape index (κ2) is 5.75. The molecule has 0 N–H and O–H groups in total. The van der Waals surface area contributed by atoms with E-state index in [-0.39, 0.29) is 11.3 Å². The van der Waals surface area contributed by atoms with Crippen molar-refractivity contribution in [2.75, 3.05) is 12.3 Å². The van der Waals surface area contributed by atoms with Crippen molar-refractivity contribution < 1.29 is 4.79 Å². The molecule has 1 amide bonds. The van der Waals surface area contributed by atoms with Crippen molar-refractivity contribution in [3.05, 3.63) is 52.5 Å². The van der Waals surface area contributed by atoms with Crippen molar-refractivity contribution in [2.24, 2.45) is 0 Å². The first-order valence-electron chi connectivity index (χ1n) is 6.17. The molecule has 1 aliphatic rings. The van der Waals surface area contributed by atoms with Crippen LogP contribution in [0.15, 0.2) is 41.2 Å². The topological polar surface area (TPSA) is 33.2 Å². The predicted octanol–water partition coefficient (Wildman–Crippen LogP) is 2.96. The minimum atomic E-state index is 0.183. The molecule has 1 aliphatic heterocycles. The number of pyridine rings is 1. The molecule has 1 saturated heterocycles. The van der Waals surface area contributed by atoms with E-state index in [1.807, 2.05) is 23.1 Å². The summed E-state index contributed by atoms with van der Waals surface area (Å²) in [5.41, 5.74) is 2.28. The molecule has 3 rings (SSSR count). The van der Waals surface area contributed by atoms with E-state index in [1.165, 1.54) is 5.56 Å². The Morgan fingerprint density at radius 1 is 1.37 bits per heavy atom. The molecule has 0 bridgehead atoms. The van der Waals surface area contributed by atoms with Crippen LogP contribution in [0.2, 0.25) is 0 Å². The van der Waals surface area contributed by atoms with E-state index >= 15 is 0 Å². The van der Waals surface area contributed by atoms with Crippen molar-refractivity contribution in [2.45, 2.75) is 11.8 Å². The average Bonchev–Trinajstić information content (AvgIpc) is 3.07. The summed E-state index contributed by atoms with van der Waals surface area (Å²) in [5.74, 6) is 0.819. The zero-order valence-electron chi connectivity index (χ0n) is 10.4. The Morgan fingerprint density at radius 3 is 3.05 bits per heavy atom. The quantitative estimate of drug-likeness (QED) is 0.868. The van der Waals surface area contributed by atoms with Gasteiger partial charge in [0.15, 0.2) is 0 Å². The molecule has 19 heavy (non-hydrogen) atoms. The van der Waals surface area contributed by atoms with Gasteiger partial charge in [-0.1, -0.05) is 6.07 Å². The maximum absolute atomic E-state index is 12.0. The molecule has 0 radical (unpaired) electrons. The van der Waals surface area contributed by atoms with Gasteiger partial charge in [0.05, 0.1) is 5.75 Å². The lowest BCUT2D eigenvalue weighted by molar-refractivity contribution is -0.128. The normalized spacial score (nSPS) is 19.1. The second-order valence-electron chi connectivity index (χ2n) is 4.38. The van der Waals surface area contributed by atoms with Gasteiger partial charge in [-0.05, 0) is 34.5 Å². The van der Waals surface area contributed by atoms with Gasteiger partial charge >= 0.3 is 0 Å². The van der Waals surface area contributed by atoms with Crippen molar-refractivity contribution in [3.8, 4) is 0 Å². The molecule has 1 fully saturated rings. The van der Waals surface area contributed by atoms with E-state index in [2.05, 4.69) is 21.8 Å². The number of hydrogen-bond acceptors (Lipinski definition) is 4. The predicted molar refractivity (Wildman–Crippen MR) is 79.2 cm³/mol. The number of nitrogens with zero attached hydrogens (tertiary/aromatic N) is 2. The Labute approximate surface area is 120 Å². The lowest BCUT2D eigenvalue weighted by Crippen LogP contribution is -2.30. The van der Waals surface area contributed by atoms with Crippen LogP contribution in [0.4, 0.5) is 0 Å². The van der Waals surface area contributed by atoms with E-state index in [1.54, 1.807) is 29.3 Å². The zero-order valence-corrected chi connectivity index (χ0v) is 12.0. The summed E-state index contributed by atoms with van der Waals surface area (Å²) in [5, 5.41) is 4.38. The monoisotopic (exact) mass is 290 g/mol. The molecule has 1 atom stereocenters. The first-order chi connectivity index (χ1) is 9.34. The number of amides is 1. The maximum Gasteiger partial charge on any atom is 0.233 e. The van der Waals surface area contributed by atoms with Crippen LogP contribution in [0, 0.1) is 0 Å². The minimum Gasteiger partial charge on any atom is -0.325 e. The third kappa shape index (κ3) is 2.82. The largest absolute Gasteiger partial charge is 0.325 e. The Hall–Kier alpha value is -1.33. The molecule has 0 saturated carbocycles. The van der Waals surface area contributed by atoms with Crippen LogP contribution < -0.4 is 0 Å². The number of rotatable bonds is 4.